The number of H-pyrrole nitrogens is 2. The molecule has 0 spiro atoms. The summed E-state index contributed by atoms with van der Waals surface area (Å²) in [6.45, 7) is 3.28. The number of nitrogens with zero attached hydrogens (tertiary/aromatic N) is 4. The molecule has 4 rings (SSSR count). The zero-order valence-electron chi connectivity index (χ0n) is 18.9. The number of nitrogens with one attached hydrogen (secondary N) is 2. The van der Waals surface area contributed by atoms with Crippen LogP contribution in [-0.2, 0) is 4.74 Å². The van der Waals surface area contributed by atoms with Crippen molar-refractivity contribution in [3.05, 3.63) is 53.0 Å². The molecule has 1 aliphatic carbocycles. The van der Waals surface area contributed by atoms with Crippen LogP contribution in [0.3, 0.4) is 0 Å². The number of carbonyl (C=O) groups is 1. The lowest BCUT2D eigenvalue weighted by Crippen LogP contribution is -2.20. The molecule has 2 aromatic heterocycles. The van der Waals surface area contributed by atoms with Gasteiger partial charge in [0.1, 0.15) is 12.3 Å². The fraction of sp³-hybridized carbons (Fsp3) is 0.417. The van der Waals surface area contributed by atoms with Gasteiger partial charge in [0.05, 0.1) is 29.7 Å². The van der Waals surface area contributed by atoms with Gasteiger partial charge in [0.15, 0.2) is 0 Å². The third-order valence-electron chi connectivity index (χ3n) is 5.65. The molecule has 0 atom stereocenters. The number of Topliss-reactive ketones (excluding diaryl/α,β-unsaturated/α-hetero) is 1. The molecular weight excluding hydrogens is 404 g/mol. The van der Waals surface area contributed by atoms with E-state index in [2.05, 4.69) is 26.5 Å². The zero-order chi connectivity index (χ0) is 22.5. The van der Waals surface area contributed by atoms with Gasteiger partial charge in [-0.15, -0.1) is 0 Å². The number of rotatable bonds is 9. The first-order valence-corrected chi connectivity index (χ1v) is 11.0. The highest BCUT2D eigenvalue weighted by Gasteiger charge is 2.18. The molecule has 2 N–H and O–H groups in total. The molecule has 0 radical (unpaired) electrons. The van der Waals surface area contributed by atoms with Crippen LogP contribution in [0.4, 0.5) is 5.69 Å². The van der Waals surface area contributed by atoms with Crippen LogP contribution < -0.4 is 0 Å². The third-order valence-corrected chi connectivity index (χ3v) is 5.65. The smallest absolute Gasteiger partial charge is 0.209 e. The molecule has 3 aromatic rings. The molecule has 8 nitrogen and oxygen atoms in total. The Balaban J connectivity index is 1.64. The first kappa shape index (κ1) is 22.1. The largest absolute Gasteiger partial charge is 0.372 e. The van der Waals surface area contributed by atoms with E-state index in [1.165, 1.54) is 12.0 Å². The van der Waals surface area contributed by atoms with E-state index < -0.39 is 0 Å². The summed E-state index contributed by atoms with van der Waals surface area (Å²) in [5.41, 5.74) is 6.17. The maximum atomic E-state index is 12.7. The molecule has 1 aliphatic rings. The fourth-order valence-electron chi connectivity index (χ4n) is 3.84. The molecule has 2 heterocycles. The fourth-order valence-corrected chi connectivity index (χ4v) is 3.84. The predicted molar refractivity (Wildman–Crippen MR) is 126 cm³/mol. The molecule has 0 amide bonds. The predicted octanol–water partition coefficient (Wildman–Crippen LogP) is 3.98. The molecule has 32 heavy (non-hydrogen) atoms. The standard InChI is InChI=1S/C24H30N6O2/c1-16-20(14-25-27-16)23(17-7-5-4-6-8-17)26-18-9-10-21-19(13-18)24(29-28-21)22(31)15-32-12-11-30(2)3/h7,9-10,13-14H,4-6,8,11-12,15H2,1-3H3,(H,25,27)(H,28,29). The van der Waals surface area contributed by atoms with E-state index in [0.717, 1.165) is 59.4 Å². The van der Waals surface area contributed by atoms with Gasteiger partial charge in [-0.1, -0.05) is 6.08 Å². The highest BCUT2D eigenvalue weighted by atomic mass is 16.5. The van der Waals surface area contributed by atoms with Crippen LogP contribution in [0.15, 0.2) is 41.0 Å². The number of ether oxygens (including phenoxy) is 1. The molecule has 8 heteroatoms. The number of aryl methyl sites for hydroxylation is 1. The minimum Gasteiger partial charge on any atom is -0.372 e. The molecule has 0 unspecified atom stereocenters. The maximum absolute atomic E-state index is 12.7. The zero-order valence-corrected chi connectivity index (χ0v) is 18.9. The monoisotopic (exact) mass is 434 g/mol. The van der Waals surface area contributed by atoms with E-state index in [9.17, 15) is 4.79 Å². The number of fused-ring (bicyclic) bond motifs is 1. The summed E-state index contributed by atoms with van der Waals surface area (Å²) in [5.74, 6) is -0.142. The SMILES string of the molecule is Cc1[nH]ncc1C(=Nc1ccc2[nH]nc(C(=O)COCCN(C)C)c2c1)C1=CCCCC1. The van der Waals surface area contributed by atoms with E-state index in [1.807, 2.05) is 50.3 Å². The van der Waals surface area contributed by atoms with Gasteiger partial charge in [0.25, 0.3) is 0 Å². The average molecular weight is 435 g/mol. The van der Waals surface area contributed by atoms with Gasteiger partial charge in [-0.3, -0.25) is 15.0 Å². The Hall–Kier alpha value is -3.10. The van der Waals surface area contributed by atoms with Crippen molar-refractivity contribution in [1.82, 2.24) is 25.3 Å². The molecule has 168 valence electrons. The number of benzene rings is 1. The Morgan fingerprint density at radius 2 is 2.12 bits per heavy atom. The number of aromatic amines is 2. The van der Waals surface area contributed by atoms with Gasteiger partial charge in [-0.25, -0.2) is 4.99 Å². The normalized spacial score (nSPS) is 14.9. The summed E-state index contributed by atoms with van der Waals surface area (Å²) in [6, 6.07) is 5.78. The molecule has 0 saturated heterocycles. The second kappa shape index (κ2) is 10.0. The number of carbonyl (C=O) groups excluding carboxylic acids is 1. The van der Waals surface area contributed by atoms with Crippen molar-refractivity contribution >= 4 is 28.1 Å². The topological polar surface area (TPSA) is 99.3 Å². The second-order valence-electron chi connectivity index (χ2n) is 8.43. The first-order chi connectivity index (χ1) is 15.5. The van der Waals surface area contributed by atoms with E-state index in [-0.39, 0.29) is 12.4 Å². The Kier molecular flexibility index (Phi) is 6.92. The van der Waals surface area contributed by atoms with E-state index in [0.29, 0.717) is 12.3 Å². The van der Waals surface area contributed by atoms with Crippen LogP contribution in [-0.4, -0.2) is 70.6 Å². The molecular formula is C24H30N6O2. The number of hydrogen-bond donors (Lipinski definition) is 2. The average Bonchev–Trinajstić information content (AvgIpc) is 3.41. The lowest BCUT2D eigenvalue weighted by molar-refractivity contribution is 0.0727. The van der Waals surface area contributed by atoms with Crippen molar-refractivity contribution in [3.8, 4) is 0 Å². The summed E-state index contributed by atoms with van der Waals surface area (Å²) in [4.78, 5) is 19.7. The Morgan fingerprint density at radius 3 is 2.84 bits per heavy atom. The summed E-state index contributed by atoms with van der Waals surface area (Å²) >= 11 is 0. The van der Waals surface area contributed by atoms with Crippen molar-refractivity contribution in [1.29, 1.82) is 0 Å². The Morgan fingerprint density at radius 1 is 1.25 bits per heavy atom. The number of aliphatic imine (C=N–C) groups is 1. The molecule has 1 aromatic carbocycles. The van der Waals surface area contributed by atoms with Crippen LogP contribution >= 0.6 is 0 Å². The van der Waals surface area contributed by atoms with Gasteiger partial charge in [-0.05, 0) is 70.5 Å². The van der Waals surface area contributed by atoms with Crippen LogP contribution in [0.1, 0.15) is 47.4 Å². The van der Waals surface area contributed by atoms with Crippen molar-refractivity contribution < 1.29 is 9.53 Å². The number of likely N-dealkylation sites (N-methyl/N-ethyl adjacent to an activating group) is 1. The van der Waals surface area contributed by atoms with Crippen molar-refractivity contribution in [3.63, 3.8) is 0 Å². The lowest BCUT2D eigenvalue weighted by Gasteiger charge is -2.15. The van der Waals surface area contributed by atoms with Gasteiger partial charge in [0.2, 0.25) is 5.78 Å². The van der Waals surface area contributed by atoms with Crippen LogP contribution in [0.2, 0.25) is 0 Å². The van der Waals surface area contributed by atoms with Crippen molar-refractivity contribution in [2.75, 3.05) is 33.9 Å². The first-order valence-electron chi connectivity index (χ1n) is 11.0. The van der Waals surface area contributed by atoms with E-state index >= 15 is 0 Å². The quantitative estimate of drug-likeness (QED) is 0.302. The molecule has 0 bridgehead atoms. The Labute approximate surface area is 187 Å². The van der Waals surface area contributed by atoms with E-state index in [1.54, 1.807) is 0 Å². The van der Waals surface area contributed by atoms with Gasteiger partial charge in [-0.2, -0.15) is 10.2 Å². The van der Waals surface area contributed by atoms with E-state index in [4.69, 9.17) is 9.73 Å². The van der Waals surface area contributed by atoms with Crippen LogP contribution in [0.25, 0.3) is 10.9 Å². The summed E-state index contributed by atoms with van der Waals surface area (Å²) in [6.07, 6.45) is 8.56. The van der Waals surface area contributed by atoms with Crippen molar-refractivity contribution in [2.45, 2.75) is 32.6 Å². The highest BCUT2D eigenvalue weighted by molar-refractivity contribution is 6.14. The highest BCUT2D eigenvalue weighted by Crippen LogP contribution is 2.28. The number of ketones is 1. The summed E-state index contributed by atoms with van der Waals surface area (Å²) in [5, 5.41) is 15.2. The third kappa shape index (κ3) is 5.03. The number of aromatic nitrogens is 4. The minimum atomic E-state index is -0.142. The van der Waals surface area contributed by atoms with Crippen LogP contribution in [0.5, 0.6) is 0 Å². The summed E-state index contributed by atoms with van der Waals surface area (Å²) < 4.78 is 5.52. The summed E-state index contributed by atoms with van der Waals surface area (Å²) in [7, 11) is 3.94. The Bertz CT molecular complexity index is 1150. The van der Waals surface area contributed by atoms with Gasteiger partial charge >= 0.3 is 0 Å². The van der Waals surface area contributed by atoms with Crippen LogP contribution in [0, 0.1) is 6.92 Å². The molecule has 0 fully saturated rings. The lowest BCUT2D eigenvalue weighted by atomic mass is 9.92. The second-order valence-corrected chi connectivity index (χ2v) is 8.43. The minimum absolute atomic E-state index is 0.00758. The maximum Gasteiger partial charge on any atom is 0.209 e. The number of allylic oxidation sites excluding steroid dienone is 2. The van der Waals surface area contributed by atoms with Gasteiger partial charge < -0.3 is 9.64 Å². The molecule has 0 saturated carbocycles. The molecule has 0 aliphatic heterocycles. The van der Waals surface area contributed by atoms with Crippen molar-refractivity contribution in [2.24, 2.45) is 4.99 Å². The number of hydrogen-bond acceptors (Lipinski definition) is 6. The van der Waals surface area contributed by atoms with Gasteiger partial charge in [0, 0.05) is 23.2 Å².